The minimum Gasteiger partial charge on any atom is -0.341 e. The minimum absolute atomic E-state index is 0. The highest BCUT2D eigenvalue weighted by Gasteiger charge is 2.32. The molecule has 0 aromatic rings. The molecule has 0 aromatic heterocycles. The Balaban J connectivity index is 0.00000147. The summed E-state index contributed by atoms with van der Waals surface area (Å²) in [6, 6.07) is 0. The van der Waals surface area contributed by atoms with E-state index in [-0.39, 0.29) is 30.1 Å². The van der Waals surface area contributed by atoms with Crippen LogP contribution in [-0.2, 0) is 4.79 Å². The molecule has 0 unspecified atom stereocenters. The van der Waals surface area contributed by atoms with Crippen molar-refractivity contribution in [3.63, 3.8) is 0 Å². The van der Waals surface area contributed by atoms with Gasteiger partial charge in [-0.25, -0.2) is 0 Å². The van der Waals surface area contributed by atoms with Crippen molar-refractivity contribution in [2.45, 2.75) is 12.8 Å². The number of rotatable bonds is 2. The van der Waals surface area contributed by atoms with E-state index in [1.807, 2.05) is 4.90 Å². The fraction of sp³-hybridized carbons (Fsp3) is 0.846. The van der Waals surface area contributed by atoms with Crippen LogP contribution in [0.3, 0.4) is 0 Å². The summed E-state index contributed by atoms with van der Waals surface area (Å²) in [7, 11) is 0. The molecule has 0 spiro atoms. The Morgan fingerprint density at radius 2 is 1.85 bits per heavy atom. The number of hydrogen-bond acceptors (Lipinski definition) is 4. The zero-order valence-electron chi connectivity index (χ0n) is 11.5. The number of carbonyl (C=O) groups is 2. The van der Waals surface area contributed by atoms with Crippen LogP contribution in [0.25, 0.3) is 0 Å². The number of amides is 2. The molecule has 3 heterocycles. The number of carbonyl (C=O) groups excluding carboxylic acids is 2. The van der Waals surface area contributed by atoms with Gasteiger partial charge in [-0.05, 0) is 37.8 Å². The fourth-order valence-corrected chi connectivity index (χ4v) is 4.12. The molecular formula is C13H22ClN3O2S. The lowest BCUT2D eigenvalue weighted by molar-refractivity contribution is -0.131. The van der Waals surface area contributed by atoms with Gasteiger partial charge in [-0.15, -0.1) is 12.4 Å². The molecule has 3 aliphatic rings. The van der Waals surface area contributed by atoms with E-state index in [1.165, 1.54) is 11.8 Å². The number of likely N-dealkylation sites (tertiary alicyclic amines) is 1. The normalized spacial score (nSPS) is 29.9. The van der Waals surface area contributed by atoms with E-state index in [4.69, 9.17) is 0 Å². The van der Waals surface area contributed by atoms with Gasteiger partial charge in [0.2, 0.25) is 5.91 Å². The highest BCUT2D eigenvalue weighted by atomic mass is 35.5. The molecule has 0 bridgehead atoms. The fourth-order valence-electron chi connectivity index (χ4n) is 3.30. The van der Waals surface area contributed by atoms with Crippen molar-refractivity contribution in [3.8, 4) is 0 Å². The Labute approximate surface area is 130 Å². The lowest BCUT2D eigenvalue weighted by Crippen LogP contribution is -2.41. The number of fused-ring (bicyclic) bond motifs is 1. The van der Waals surface area contributed by atoms with Crippen molar-refractivity contribution in [3.05, 3.63) is 0 Å². The second kappa shape index (κ2) is 7.00. The van der Waals surface area contributed by atoms with Crippen LogP contribution in [0, 0.1) is 11.8 Å². The molecule has 2 atom stereocenters. The molecule has 7 heteroatoms. The molecule has 2 amide bonds. The largest absolute Gasteiger partial charge is 0.341 e. The Kier molecular flexibility index (Phi) is 5.57. The van der Waals surface area contributed by atoms with Gasteiger partial charge >= 0.3 is 0 Å². The van der Waals surface area contributed by atoms with E-state index >= 15 is 0 Å². The topological polar surface area (TPSA) is 52.7 Å². The third kappa shape index (κ3) is 3.40. The molecule has 5 nitrogen and oxygen atoms in total. The van der Waals surface area contributed by atoms with Crippen molar-refractivity contribution in [2.75, 3.05) is 45.0 Å². The van der Waals surface area contributed by atoms with Crippen LogP contribution in [0.4, 0.5) is 4.79 Å². The van der Waals surface area contributed by atoms with E-state index in [0.29, 0.717) is 0 Å². The minimum atomic E-state index is 0. The van der Waals surface area contributed by atoms with E-state index in [9.17, 15) is 9.59 Å². The Hall–Kier alpha value is -0.460. The summed E-state index contributed by atoms with van der Waals surface area (Å²) >= 11 is 1.32. The van der Waals surface area contributed by atoms with Crippen molar-refractivity contribution in [2.24, 2.45) is 11.8 Å². The molecule has 0 aliphatic carbocycles. The number of halogens is 1. The first-order valence-corrected chi connectivity index (χ1v) is 8.13. The predicted molar refractivity (Wildman–Crippen MR) is 82.3 cm³/mol. The first kappa shape index (κ1) is 15.9. The van der Waals surface area contributed by atoms with E-state index in [0.717, 1.165) is 63.2 Å². The van der Waals surface area contributed by atoms with Gasteiger partial charge in [0.05, 0.1) is 0 Å². The molecule has 0 saturated carbocycles. The summed E-state index contributed by atoms with van der Waals surface area (Å²) in [4.78, 5) is 27.5. The first-order chi connectivity index (χ1) is 9.24. The number of hydrogen-bond donors (Lipinski definition) is 1. The molecule has 114 valence electrons. The number of thioether (sulfide) groups is 1. The number of nitrogens with zero attached hydrogens (tertiary/aromatic N) is 2. The van der Waals surface area contributed by atoms with Crippen molar-refractivity contribution in [1.29, 1.82) is 0 Å². The molecule has 20 heavy (non-hydrogen) atoms. The van der Waals surface area contributed by atoms with Crippen molar-refractivity contribution < 1.29 is 9.59 Å². The van der Waals surface area contributed by atoms with Gasteiger partial charge in [-0.2, -0.15) is 0 Å². The highest BCUT2D eigenvalue weighted by Crippen LogP contribution is 2.27. The average molecular weight is 320 g/mol. The molecule has 3 saturated heterocycles. The molecule has 3 rings (SSSR count). The Morgan fingerprint density at radius 3 is 2.40 bits per heavy atom. The summed E-state index contributed by atoms with van der Waals surface area (Å²) in [5, 5.41) is 3.50. The van der Waals surface area contributed by atoms with Gasteiger partial charge in [-0.1, -0.05) is 11.8 Å². The van der Waals surface area contributed by atoms with Crippen LogP contribution >= 0.6 is 24.2 Å². The van der Waals surface area contributed by atoms with Crippen LogP contribution in [0.5, 0.6) is 0 Å². The van der Waals surface area contributed by atoms with Crippen LogP contribution < -0.4 is 5.32 Å². The van der Waals surface area contributed by atoms with Gasteiger partial charge in [0.15, 0.2) is 0 Å². The maximum atomic E-state index is 12.3. The lowest BCUT2D eigenvalue weighted by atomic mass is 9.92. The van der Waals surface area contributed by atoms with Gasteiger partial charge in [0.25, 0.3) is 5.24 Å². The van der Waals surface area contributed by atoms with E-state index in [2.05, 4.69) is 5.32 Å². The molecule has 3 fully saturated rings. The van der Waals surface area contributed by atoms with E-state index < -0.39 is 0 Å². The van der Waals surface area contributed by atoms with Crippen molar-refractivity contribution in [1.82, 2.24) is 15.1 Å². The smallest absolute Gasteiger partial charge is 0.282 e. The zero-order chi connectivity index (χ0) is 13.2. The van der Waals surface area contributed by atoms with Crippen LogP contribution in [0.2, 0.25) is 0 Å². The Bertz CT molecular complexity index is 369. The van der Waals surface area contributed by atoms with Crippen LogP contribution in [0.15, 0.2) is 0 Å². The molecule has 0 aromatic carbocycles. The molecular weight excluding hydrogens is 298 g/mol. The molecule has 3 aliphatic heterocycles. The maximum Gasteiger partial charge on any atom is 0.282 e. The van der Waals surface area contributed by atoms with Gasteiger partial charge in [-0.3, -0.25) is 9.59 Å². The highest BCUT2D eigenvalue weighted by molar-refractivity contribution is 8.13. The predicted octanol–water partition coefficient (Wildman–Crippen LogP) is 1.03. The first-order valence-electron chi connectivity index (χ1n) is 7.14. The molecule has 0 radical (unpaired) electrons. The maximum absolute atomic E-state index is 12.3. The average Bonchev–Trinajstić information content (AvgIpc) is 2.95. The SMILES string of the molecule is Cl.O=C(CN1CCSC1=O)N1CC[C@@H]2CNC[C@@H]2CC1. The quantitative estimate of drug-likeness (QED) is 0.826. The monoisotopic (exact) mass is 319 g/mol. The van der Waals surface area contributed by atoms with Crippen LogP contribution in [-0.4, -0.2) is 66.0 Å². The second-order valence-electron chi connectivity index (χ2n) is 5.67. The summed E-state index contributed by atoms with van der Waals surface area (Å²) in [6.07, 6.45) is 2.21. The standard InChI is InChI=1S/C13H21N3O2S.ClH/c17-12(9-16-5-6-19-13(16)18)15-3-1-10-7-14-8-11(10)2-4-15;/h10-11,14H,1-9H2;1H/t10-,11+;. The zero-order valence-corrected chi connectivity index (χ0v) is 13.2. The van der Waals surface area contributed by atoms with Gasteiger partial charge < -0.3 is 15.1 Å². The molecule has 1 N–H and O–H groups in total. The van der Waals surface area contributed by atoms with E-state index in [1.54, 1.807) is 4.90 Å². The summed E-state index contributed by atoms with van der Waals surface area (Å²) in [6.45, 7) is 4.92. The summed E-state index contributed by atoms with van der Waals surface area (Å²) < 4.78 is 0. The van der Waals surface area contributed by atoms with Gasteiger partial charge in [0.1, 0.15) is 6.54 Å². The summed E-state index contributed by atoms with van der Waals surface area (Å²) in [5.74, 6) is 2.43. The third-order valence-electron chi connectivity index (χ3n) is 4.54. The number of nitrogens with one attached hydrogen (secondary N) is 1. The third-order valence-corrected chi connectivity index (χ3v) is 5.43. The Morgan fingerprint density at radius 1 is 1.20 bits per heavy atom. The van der Waals surface area contributed by atoms with Crippen LogP contribution in [0.1, 0.15) is 12.8 Å². The second-order valence-corrected chi connectivity index (χ2v) is 6.72. The van der Waals surface area contributed by atoms with Crippen molar-refractivity contribution >= 4 is 35.3 Å². The lowest BCUT2D eigenvalue weighted by Gasteiger charge is -2.23. The summed E-state index contributed by atoms with van der Waals surface area (Å²) in [5.41, 5.74) is 0. The van der Waals surface area contributed by atoms with Gasteiger partial charge in [0, 0.05) is 25.4 Å².